The minimum atomic E-state index is -0.925. The molecule has 3 N–H and O–H groups in total. The predicted molar refractivity (Wildman–Crippen MR) is 71.8 cm³/mol. The molecule has 1 atom stereocenters. The van der Waals surface area contributed by atoms with E-state index in [-0.39, 0.29) is 5.91 Å². The van der Waals surface area contributed by atoms with E-state index in [9.17, 15) is 14.7 Å². The molecule has 1 heterocycles. The van der Waals surface area contributed by atoms with Gasteiger partial charge in [-0.2, -0.15) is 0 Å². The van der Waals surface area contributed by atoms with Gasteiger partial charge >= 0.3 is 5.97 Å². The van der Waals surface area contributed by atoms with E-state index in [1.807, 2.05) is 0 Å². The Balaban J connectivity index is 2.23. The van der Waals surface area contributed by atoms with Crippen LogP contribution in [0.15, 0.2) is 24.3 Å². The summed E-state index contributed by atoms with van der Waals surface area (Å²) in [7, 11) is 0. The lowest BCUT2D eigenvalue weighted by molar-refractivity contribution is -0.142. The zero-order valence-electron chi connectivity index (χ0n) is 10.7. The van der Waals surface area contributed by atoms with Gasteiger partial charge in [-0.3, -0.25) is 4.79 Å². The molecule has 1 saturated heterocycles. The number of benzene rings is 1. The summed E-state index contributed by atoms with van der Waals surface area (Å²) < 4.78 is 0. The molecule has 1 fully saturated rings. The van der Waals surface area contributed by atoms with Crippen molar-refractivity contribution in [3.63, 3.8) is 0 Å². The Morgan fingerprint density at radius 3 is 2.47 bits per heavy atom. The number of hydrogen-bond acceptors (Lipinski definition) is 3. The molecule has 0 aromatic heterocycles. The number of carboxylic acid groups (broad SMARTS) is 1. The number of carbonyl (C=O) groups is 2. The van der Waals surface area contributed by atoms with Gasteiger partial charge in [0, 0.05) is 17.8 Å². The van der Waals surface area contributed by atoms with Gasteiger partial charge < -0.3 is 15.7 Å². The third-order valence-electron chi connectivity index (χ3n) is 3.46. The standard InChI is InChI=1S/C14H18N2O3/c15-11-7-5-10(6-8-11)13(17)16-9-3-1-2-4-12(16)14(18)19/h5-8,12H,1-4,9,15H2,(H,18,19). The van der Waals surface area contributed by atoms with Crippen molar-refractivity contribution < 1.29 is 14.7 Å². The molecule has 19 heavy (non-hydrogen) atoms. The van der Waals surface area contributed by atoms with Crippen molar-refractivity contribution in [1.29, 1.82) is 0 Å². The summed E-state index contributed by atoms with van der Waals surface area (Å²) in [6, 6.07) is 5.87. The maximum absolute atomic E-state index is 12.4. The second-order valence-corrected chi connectivity index (χ2v) is 4.82. The van der Waals surface area contributed by atoms with Crippen molar-refractivity contribution in [3.05, 3.63) is 29.8 Å². The van der Waals surface area contributed by atoms with Crippen molar-refractivity contribution >= 4 is 17.6 Å². The maximum Gasteiger partial charge on any atom is 0.326 e. The molecule has 5 nitrogen and oxygen atoms in total. The van der Waals surface area contributed by atoms with Gasteiger partial charge in [-0.05, 0) is 37.1 Å². The highest BCUT2D eigenvalue weighted by molar-refractivity contribution is 5.96. The molecule has 1 amide bonds. The fourth-order valence-corrected chi connectivity index (χ4v) is 2.40. The van der Waals surface area contributed by atoms with Crippen LogP contribution in [0.25, 0.3) is 0 Å². The number of nitrogen functional groups attached to an aromatic ring is 1. The smallest absolute Gasteiger partial charge is 0.326 e. The highest BCUT2D eigenvalue weighted by Gasteiger charge is 2.31. The van der Waals surface area contributed by atoms with Crippen molar-refractivity contribution in [1.82, 2.24) is 4.90 Å². The molecule has 5 heteroatoms. The summed E-state index contributed by atoms with van der Waals surface area (Å²) in [6.45, 7) is 0.500. The molecule has 0 radical (unpaired) electrons. The molecule has 1 aromatic rings. The fraction of sp³-hybridized carbons (Fsp3) is 0.429. The second-order valence-electron chi connectivity index (χ2n) is 4.82. The van der Waals surface area contributed by atoms with Crippen molar-refractivity contribution in [2.24, 2.45) is 0 Å². The lowest BCUT2D eigenvalue weighted by Crippen LogP contribution is -2.44. The van der Waals surface area contributed by atoms with Crippen LogP contribution in [-0.2, 0) is 4.79 Å². The van der Waals surface area contributed by atoms with Gasteiger partial charge in [-0.1, -0.05) is 12.8 Å². The molecule has 1 aliphatic heterocycles. The van der Waals surface area contributed by atoms with Gasteiger partial charge in [0.05, 0.1) is 0 Å². The van der Waals surface area contributed by atoms with Gasteiger partial charge in [0.2, 0.25) is 0 Å². The second kappa shape index (κ2) is 5.73. The average molecular weight is 262 g/mol. The molecule has 1 aromatic carbocycles. The molecular weight excluding hydrogens is 244 g/mol. The van der Waals surface area contributed by atoms with Crippen LogP contribution in [0.5, 0.6) is 0 Å². The number of nitrogens with two attached hydrogens (primary N) is 1. The van der Waals surface area contributed by atoms with Crippen LogP contribution in [-0.4, -0.2) is 34.5 Å². The number of rotatable bonds is 2. The topological polar surface area (TPSA) is 83.6 Å². The minimum Gasteiger partial charge on any atom is -0.480 e. The summed E-state index contributed by atoms with van der Waals surface area (Å²) in [5, 5.41) is 9.26. The maximum atomic E-state index is 12.4. The number of hydrogen-bond donors (Lipinski definition) is 2. The van der Waals surface area contributed by atoms with E-state index in [4.69, 9.17) is 5.73 Å². The third kappa shape index (κ3) is 3.05. The Labute approximate surface area is 112 Å². The van der Waals surface area contributed by atoms with Crippen LogP contribution in [0.1, 0.15) is 36.0 Å². The predicted octanol–water partition coefficient (Wildman–Crippen LogP) is 1.74. The first-order valence-electron chi connectivity index (χ1n) is 6.49. The van der Waals surface area contributed by atoms with Gasteiger partial charge in [0.1, 0.15) is 6.04 Å². The number of anilines is 1. The summed E-state index contributed by atoms with van der Waals surface area (Å²) in [4.78, 5) is 25.2. The van der Waals surface area contributed by atoms with Crippen LogP contribution >= 0.6 is 0 Å². The molecule has 0 bridgehead atoms. The zero-order valence-corrected chi connectivity index (χ0v) is 10.7. The Kier molecular flexibility index (Phi) is 4.04. The molecule has 0 spiro atoms. The number of aliphatic carboxylic acids is 1. The van der Waals surface area contributed by atoms with Crippen LogP contribution in [0, 0.1) is 0 Å². The number of likely N-dealkylation sites (tertiary alicyclic amines) is 1. The van der Waals surface area contributed by atoms with E-state index in [2.05, 4.69) is 0 Å². The highest BCUT2D eigenvalue weighted by atomic mass is 16.4. The van der Waals surface area contributed by atoms with Crippen LogP contribution in [0.3, 0.4) is 0 Å². The molecule has 1 aliphatic rings. The van der Waals surface area contributed by atoms with Crippen molar-refractivity contribution in [3.8, 4) is 0 Å². The van der Waals surface area contributed by atoms with Gasteiger partial charge in [0.25, 0.3) is 5.91 Å². The molecular formula is C14H18N2O3. The van der Waals surface area contributed by atoms with E-state index in [1.165, 1.54) is 4.90 Å². The first kappa shape index (κ1) is 13.4. The minimum absolute atomic E-state index is 0.227. The van der Waals surface area contributed by atoms with E-state index < -0.39 is 12.0 Å². The quantitative estimate of drug-likeness (QED) is 0.795. The van der Waals surface area contributed by atoms with Crippen LogP contribution in [0.2, 0.25) is 0 Å². The van der Waals surface area contributed by atoms with Gasteiger partial charge in [0.15, 0.2) is 0 Å². The van der Waals surface area contributed by atoms with Gasteiger partial charge in [-0.25, -0.2) is 4.79 Å². The number of carbonyl (C=O) groups excluding carboxylic acids is 1. The van der Waals surface area contributed by atoms with Crippen molar-refractivity contribution in [2.75, 3.05) is 12.3 Å². The lowest BCUT2D eigenvalue weighted by atomic mass is 10.1. The number of nitrogens with zero attached hydrogens (tertiary/aromatic N) is 1. The highest BCUT2D eigenvalue weighted by Crippen LogP contribution is 2.20. The average Bonchev–Trinajstić information content (AvgIpc) is 2.64. The van der Waals surface area contributed by atoms with Gasteiger partial charge in [-0.15, -0.1) is 0 Å². The van der Waals surface area contributed by atoms with E-state index >= 15 is 0 Å². The summed E-state index contributed by atoms with van der Waals surface area (Å²) >= 11 is 0. The molecule has 0 saturated carbocycles. The third-order valence-corrected chi connectivity index (χ3v) is 3.46. The van der Waals surface area contributed by atoms with Crippen LogP contribution < -0.4 is 5.73 Å². The largest absolute Gasteiger partial charge is 0.480 e. The zero-order chi connectivity index (χ0) is 13.8. The monoisotopic (exact) mass is 262 g/mol. The van der Waals surface area contributed by atoms with Crippen molar-refractivity contribution in [2.45, 2.75) is 31.7 Å². The Bertz CT molecular complexity index is 470. The summed E-state index contributed by atoms with van der Waals surface area (Å²) in [5.74, 6) is -1.15. The normalized spacial score (nSPS) is 19.8. The summed E-state index contributed by atoms with van der Waals surface area (Å²) in [5.41, 5.74) is 6.66. The Morgan fingerprint density at radius 2 is 1.84 bits per heavy atom. The Morgan fingerprint density at radius 1 is 1.16 bits per heavy atom. The Hall–Kier alpha value is -2.04. The van der Waals surface area contributed by atoms with E-state index in [0.29, 0.717) is 24.2 Å². The first-order chi connectivity index (χ1) is 9.09. The van der Waals surface area contributed by atoms with Crippen LogP contribution in [0.4, 0.5) is 5.69 Å². The molecule has 0 aliphatic carbocycles. The lowest BCUT2D eigenvalue weighted by Gasteiger charge is -2.27. The summed E-state index contributed by atoms with van der Waals surface area (Å²) in [6.07, 6.45) is 3.19. The number of amides is 1. The van der Waals surface area contributed by atoms with E-state index in [1.54, 1.807) is 24.3 Å². The molecule has 2 rings (SSSR count). The number of carboxylic acids is 1. The van der Waals surface area contributed by atoms with E-state index in [0.717, 1.165) is 19.3 Å². The fourth-order valence-electron chi connectivity index (χ4n) is 2.40. The molecule has 102 valence electrons. The first-order valence-corrected chi connectivity index (χ1v) is 6.49. The molecule has 1 unspecified atom stereocenters. The SMILES string of the molecule is Nc1ccc(C(=O)N2CCCCCC2C(=O)O)cc1.